The van der Waals surface area contributed by atoms with Crippen LogP contribution in [-0.2, 0) is 9.59 Å². The molecule has 0 N–H and O–H groups in total. The molecule has 2 fully saturated rings. The third kappa shape index (κ3) is 6.51. The Morgan fingerprint density at radius 2 is 1.19 bits per heavy atom. The number of nitrogens with zero attached hydrogens (tertiary/aromatic N) is 3. The fourth-order valence-electron chi connectivity index (χ4n) is 7.11. The van der Waals surface area contributed by atoms with Crippen LogP contribution in [0.1, 0.15) is 45.4 Å². The van der Waals surface area contributed by atoms with Crippen molar-refractivity contribution in [3.8, 4) is 17.2 Å². The highest BCUT2D eigenvalue weighted by Crippen LogP contribution is 2.40. The van der Waals surface area contributed by atoms with Crippen molar-refractivity contribution in [2.24, 2.45) is 0 Å². The molecule has 0 aromatic heterocycles. The van der Waals surface area contributed by atoms with Crippen molar-refractivity contribution in [2.45, 2.75) is 24.4 Å². The highest BCUT2D eigenvalue weighted by atomic mass is 16.5. The number of benzene rings is 4. The molecule has 2 aliphatic rings. The molecule has 0 radical (unpaired) electrons. The zero-order chi connectivity index (χ0) is 33.6. The van der Waals surface area contributed by atoms with E-state index in [1.54, 1.807) is 0 Å². The van der Waals surface area contributed by atoms with Crippen molar-refractivity contribution < 1.29 is 28.6 Å². The summed E-state index contributed by atoms with van der Waals surface area (Å²) >= 11 is 0. The van der Waals surface area contributed by atoms with Crippen LogP contribution in [0.25, 0.3) is 0 Å². The second-order valence-electron chi connectivity index (χ2n) is 12.1. The zero-order valence-electron chi connectivity index (χ0n) is 27.6. The smallest absolute Gasteiger partial charge is 0.295 e. The number of Topliss-reactive ketones (excluding diaryl/α,β-unsaturated/α-hetero) is 1. The van der Waals surface area contributed by atoms with Crippen LogP contribution in [0, 0.1) is 0 Å². The van der Waals surface area contributed by atoms with Gasteiger partial charge in [-0.15, -0.1) is 0 Å². The predicted octanol–water partition coefficient (Wildman–Crippen LogP) is 5.21. The van der Waals surface area contributed by atoms with E-state index >= 15 is 0 Å². The first kappa shape index (κ1) is 32.8. The third-order valence-electron chi connectivity index (χ3n) is 9.48. The van der Waals surface area contributed by atoms with E-state index in [9.17, 15) is 14.4 Å². The molecule has 48 heavy (non-hydrogen) atoms. The Bertz CT molecular complexity index is 1660. The van der Waals surface area contributed by atoms with Crippen LogP contribution < -0.4 is 14.2 Å². The van der Waals surface area contributed by atoms with E-state index in [0.29, 0.717) is 38.3 Å². The van der Waals surface area contributed by atoms with Gasteiger partial charge in [-0.05, 0) is 35.2 Å². The fraction of sp³-hybridized carbons (Fsp3) is 0.308. The van der Waals surface area contributed by atoms with E-state index < -0.39 is 17.7 Å². The highest BCUT2D eigenvalue weighted by molar-refractivity contribution is 6.43. The quantitative estimate of drug-likeness (QED) is 0.173. The van der Waals surface area contributed by atoms with E-state index in [1.165, 1.54) is 49.5 Å². The average molecular weight is 648 g/mol. The van der Waals surface area contributed by atoms with Gasteiger partial charge in [0.1, 0.15) is 6.04 Å². The van der Waals surface area contributed by atoms with Gasteiger partial charge in [0.05, 0.1) is 27.4 Å². The molecule has 9 nitrogen and oxygen atoms in total. The molecular formula is C39H41N3O6. The SMILES string of the molecule is COc1cc(C(=O)C(=O)N2CCC(c3ccccc3)C2C(=O)N2CCN(C(c3ccccc3)c3ccccc3)CC2)cc(OC)c1OC. The summed E-state index contributed by atoms with van der Waals surface area (Å²) < 4.78 is 16.2. The van der Waals surface area contributed by atoms with Crippen LogP contribution in [-0.4, -0.2) is 92.4 Å². The number of ketones is 1. The number of ether oxygens (including phenoxy) is 3. The van der Waals surface area contributed by atoms with Gasteiger partial charge < -0.3 is 24.0 Å². The molecule has 2 unspecified atom stereocenters. The summed E-state index contributed by atoms with van der Waals surface area (Å²) in [6.45, 7) is 2.64. The highest BCUT2D eigenvalue weighted by Gasteiger charge is 2.46. The minimum Gasteiger partial charge on any atom is -0.493 e. The Labute approximate surface area is 281 Å². The van der Waals surface area contributed by atoms with Crippen molar-refractivity contribution in [3.63, 3.8) is 0 Å². The average Bonchev–Trinajstić information content (AvgIpc) is 3.60. The minimum absolute atomic E-state index is 0.0578. The number of hydrogen-bond donors (Lipinski definition) is 0. The standard InChI is InChI=1S/C39H41N3O6/c1-46-32-25-30(26-33(47-2)37(32)48-3)36(43)39(45)42-20-19-31(27-13-7-4-8-14-27)35(42)38(44)41-23-21-40(22-24-41)34(28-15-9-5-10-16-28)29-17-11-6-12-18-29/h4-18,25-26,31,34-35H,19-24H2,1-3H3. The number of hydrogen-bond acceptors (Lipinski definition) is 7. The van der Waals surface area contributed by atoms with Crippen molar-refractivity contribution in [3.05, 3.63) is 125 Å². The molecule has 2 aliphatic heterocycles. The number of likely N-dealkylation sites (tertiary alicyclic amines) is 1. The molecule has 0 spiro atoms. The molecule has 2 atom stereocenters. The molecule has 0 saturated carbocycles. The molecule has 4 aromatic rings. The molecule has 2 saturated heterocycles. The fourth-order valence-corrected chi connectivity index (χ4v) is 7.11. The van der Waals surface area contributed by atoms with Gasteiger partial charge in [0.15, 0.2) is 11.5 Å². The van der Waals surface area contributed by atoms with Gasteiger partial charge in [0.25, 0.3) is 11.7 Å². The van der Waals surface area contributed by atoms with Gasteiger partial charge in [0, 0.05) is 44.2 Å². The first-order valence-corrected chi connectivity index (χ1v) is 16.3. The normalized spacial score (nSPS) is 18.1. The molecule has 2 heterocycles. The van der Waals surface area contributed by atoms with Crippen molar-refractivity contribution in [2.75, 3.05) is 54.1 Å². The topological polar surface area (TPSA) is 88.6 Å². The van der Waals surface area contributed by atoms with Crippen LogP contribution in [0.4, 0.5) is 0 Å². The minimum atomic E-state index is -0.809. The Morgan fingerprint density at radius 1 is 0.667 bits per heavy atom. The largest absolute Gasteiger partial charge is 0.493 e. The Balaban J connectivity index is 1.25. The van der Waals surface area contributed by atoms with Gasteiger partial charge in [-0.1, -0.05) is 91.0 Å². The maximum absolute atomic E-state index is 14.5. The molecule has 4 aromatic carbocycles. The van der Waals surface area contributed by atoms with E-state index in [0.717, 1.165) is 5.56 Å². The second-order valence-corrected chi connectivity index (χ2v) is 12.1. The number of carbonyl (C=O) groups excluding carboxylic acids is 3. The van der Waals surface area contributed by atoms with Crippen LogP contribution >= 0.6 is 0 Å². The van der Waals surface area contributed by atoms with Gasteiger partial charge in [-0.3, -0.25) is 19.3 Å². The van der Waals surface area contributed by atoms with E-state index in [4.69, 9.17) is 14.2 Å². The molecule has 0 bridgehead atoms. The van der Waals surface area contributed by atoms with Gasteiger partial charge in [-0.25, -0.2) is 0 Å². The Hall–Kier alpha value is -5.15. The Morgan fingerprint density at radius 3 is 1.69 bits per heavy atom. The molecule has 0 aliphatic carbocycles. The van der Waals surface area contributed by atoms with Crippen molar-refractivity contribution >= 4 is 17.6 Å². The molecule has 9 heteroatoms. The Kier molecular flexibility index (Phi) is 10.1. The number of piperazine rings is 1. The van der Waals surface area contributed by atoms with Crippen molar-refractivity contribution in [1.82, 2.24) is 14.7 Å². The maximum Gasteiger partial charge on any atom is 0.295 e. The van der Waals surface area contributed by atoms with Gasteiger partial charge in [0.2, 0.25) is 11.7 Å². The number of rotatable bonds is 10. The first-order valence-electron chi connectivity index (χ1n) is 16.3. The van der Waals surface area contributed by atoms with Crippen LogP contribution in [0.2, 0.25) is 0 Å². The number of amides is 2. The summed E-state index contributed by atoms with van der Waals surface area (Å²) in [6.07, 6.45) is 0.568. The lowest BCUT2D eigenvalue weighted by Crippen LogP contribution is -2.56. The van der Waals surface area contributed by atoms with Gasteiger partial charge in [-0.2, -0.15) is 0 Å². The van der Waals surface area contributed by atoms with Crippen LogP contribution in [0.15, 0.2) is 103 Å². The predicted molar refractivity (Wildman–Crippen MR) is 183 cm³/mol. The summed E-state index contributed by atoms with van der Waals surface area (Å²) in [6, 6.07) is 32.8. The molecular weight excluding hydrogens is 606 g/mol. The van der Waals surface area contributed by atoms with Crippen molar-refractivity contribution in [1.29, 1.82) is 0 Å². The third-order valence-corrected chi connectivity index (χ3v) is 9.48. The summed E-state index contributed by atoms with van der Waals surface area (Å²) in [7, 11) is 4.38. The summed E-state index contributed by atoms with van der Waals surface area (Å²) in [5.41, 5.74) is 3.47. The number of carbonyl (C=O) groups is 3. The van der Waals surface area contributed by atoms with Crippen LogP contribution in [0.3, 0.4) is 0 Å². The summed E-state index contributed by atoms with van der Waals surface area (Å²) in [4.78, 5) is 48.0. The van der Waals surface area contributed by atoms with E-state index in [2.05, 4.69) is 53.4 Å². The number of methoxy groups -OCH3 is 3. The zero-order valence-corrected chi connectivity index (χ0v) is 27.6. The van der Waals surface area contributed by atoms with Gasteiger partial charge >= 0.3 is 0 Å². The monoisotopic (exact) mass is 647 g/mol. The second kappa shape index (κ2) is 14.7. The molecule has 248 valence electrons. The van der Waals surface area contributed by atoms with E-state index in [-0.39, 0.29) is 41.5 Å². The summed E-state index contributed by atoms with van der Waals surface area (Å²) in [5.74, 6) is -0.981. The lowest BCUT2D eigenvalue weighted by atomic mass is 9.90. The lowest BCUT2D eigenvalue weighted by molar-refractivity contribution is -0.143. The lowest BCUT2D eigenvalue weighted by Gasteiger charge is -2.41. The maximum atomic E-state index is 14.5. The first-order chi connectivity index (χ1) is 23.4. The van der Waals surface area contributed by atoms with E-state index in [1.807, 2.05) is 47.4 Å². The van der Waals surface area contributed by atoms with Crippen LogP contribution in [0.5, 0.6) is 17.2 Å². The molecule has 6 rings (SSSR count). The molecule has 2 amide bonds. The summed E-state index contributed by atoms with van der Waals surface area (Å²) in [5, 5.41) is 0.